The van der Waals surface area contributed by atoms with Crippen molar-refractivity contribution < 1.29 is 4.79 Å². The highest BCUT2D eigenvalue weighted by Crippen LogP contribution is 2.34. The molecule has 1 saturated heterocycles. The molecule has 1 aliphatic rings. The van der Waals surface area contributed by atoms with Crippen LogP contribution in [0.4, 0.5) is 0 Å². The Balaban J connectivity index is 1.74. The summed E-state index contributed by atoms with van der Waals surface area (Å²) >= 11 is 1.74. The summed E-state index contributed by atoms with van der Waals surface area (Å²) in [5.74, 6) is 1.51. The summed E-state index contributed by atoms with van der Waals surface area (Å²) in [5, 5.41) is 2.09. The van der Waals surface area contributed by atoms with Gasteiger partial charge in [0.2, 0.25) is 5.91 Å². The van der Waals surface area contributed by atoms with Gasteiger partial charge in [0.05, 0.1) is 6.04 Å². The number of carbonyl (C=O) groups excluding carboxylic acids is 1. The summed E-state index contributed by atoms with van der Waals surface area (Å²) in [6.45, 7) is 5.48. The minimum atomic E-state index is 0.200. The standard InChI is InChI=1S/C16H21N3OS/c1-12(2)16-17-7-9-18(16)11-15(20)19-8-3-5-13(19)14-6-4-10-21-14/h4,6-7,9-10,12-13H,3,5,8,11H2,1-2H3/t13-/m1/s1. The zero-order valence-corrected chi connectivity index (χ0v) is 13.3. The highest BCUT2D eigenvalue weighted by Gasteiger charge is 2.30. The van der Waals surface area contributed by atoms with Crippen molar-refractivity contribution in [3.8, 4) is 0 Å². The number of hydrogen-bond acceptors (Lipinski definition) is 3. The first kappa shape index (κ1) is 14.3. The topological polar surface area (TPSA) is 38.1 Å². The third-order valence-electron chi connectivity index (χ3n) is 4.01. The average Bonchev–Trinajstić information content (AvgIpc) is 3.19. The van der Waals surface area contributed by atoms with E-state index in [9.17, 15) is 4.79 Å². The summed E-state index contributed by atoms with van der Waals surface area (Å²) in [5.41, 5.74) is 0. The zero-order chi connectivity index (χ0) is 14.8. The Bertz CT molecular complexity index is 603. The van der Waals surface area contributed by atoms with Crippen LogP contribution in [0.15, 0.2) is 29.9 Å². The molecule has 0 N–H and O–H groups in total. The molecule has 0 aliphatic carbocycles. The van der Waals surface area contributed by atoms with E-state index >= 15 is 0 Å². The summed E-state index contributed by atoms with van der Waals surface area (Å²) in [7, 11) is 0. The Labute approximate surface area is 129 Å². The molecule has 4 nitrogen and oxygen atoms in total. The fourth-order valence-electron chi connectivity index (χ4n) is 3.03. The lowest BCUT2D eigenvalue weighted by atomic mass is 10.2. The summed E-state index contributed by atoms with van der Waals surface area (Å²) in [6.07, 6.45) is 5.86. The van der Waals surface area contributed by atoms with Crippen molar-refractivity contribution in [3.05, 3.63) is 40.6 Å². The second-order valence-corrected chi connectivity index (χ2v) is 6.81. The van der Waals surface area contributed by atoms with Gasteiger partial charge in [0.15, 0.2) is 0 Å². The molecule has 1 fully saturated rings. The number of amides is 1. The molecule has 0 aromatic carbocycles. The van der Waals surface area contributed by atoms with E-state index in [1.54, 1.807) is 17.5 Å². The summed E-state index contributed by atoms with van der Waals surface area (Å²) in [4.78, 5) is 20.4. The molecule has 5 heteroatoms. The Morgan fingerprint density at radius 2 is 2.38 bits per heavy atom. The van der Waals surface area contributed by atoms with Crippen LogP contribution >= 0.6 is 11.3 Å². The van der Waals surface area contributed by atoms with E-state index in [2.05, 4.69) is 36.3 Å². The normalized spacial score (nSPS) is 18.6. The Morgan fingerprint density at radius 1 is 1.52 bits per heavy atom. The first-order chi connectivity index (χ1) is 10.2. The number of carbonyl (C=O) groups is 1. The van der Waals surface area contributed by atoms with Crippen molar-refractivity contribution in [2.75, 3.05) is 6.54 Å². The molecule has 3 rings (SSSR count). The van der Waals surface area contributed by atoms with Gasteiger partial charge in [0, 0.05) is 29.7 Å². The minimum absolute atomic E-state index is 0.200. The molecule has 21 heavy (non-hydrogen) atoms. The number of nitrogens with zero attached hydrogens (tertiary/aromatic N) is 3. The van der Waals surface area contributed by atoms with Gasteiger partial charge in [-0.05, 0) is 24.3 Å². The van der Waals surface area contributed by atoms with Crippen molar-refractivity contribution in [3.63, 3.8) is 0 Å². The molecule has 1 aliphatic heterocycles. The van der Waals surface area contributed by atoms with Gasteiger partial charge >= 0.3 is 0 Å². The summed E-state index contributed by atoms with van der Waals surface area (Å²) < 4.78 is 1.98. The lowest BCUT2D eigenvalue weighted by Gasteiger charge is -2.24. The molecule has 1 amide bonds. The van der Waals surface area contributed by atoms with Crippen LogP contribution in [-0.4, -0.2) is 26.9 Å². The molecular formula is C16H21N3OS. The molecule has 2 aromatic rings. The molecular weight excluding hydrogens is 282 g/mol. The van der Waals surface area contributed by atoms with Gasteiger partial charge in [-0.15, -0.1) is 11.3 Å². The van der Waals surface area contributed by atoms with E-state index in [0.29, 0.717) is 12.5 Å². The van der Waals surface area contributed by atoms with Crippen LogP contribution in [0.3, 0.4) is 0 Å². The van der Waals surface area contributed by atoms with E-state index < -0.39 is 0 Å². The smallest absolute Gasteiger partial charge is 0.243 e. The fraction of sp³-hybridized carbons (Fsp3) is 0.500. The van der Waals surface area contributed by atoms with Gasteiger partial charge in [-0.2, -0.15) is 0 Å². The fourth-order valence-corrected chi connectivity index (χ4v) is 3.91. The Morgan fingerprint density at radius 3 is 3.10 bits per heavy atom. The van der Waals surface area contributed by atoms with Crippen molar-refractivity contribution in [1.82, 2.24) is 14.5 Å². The van der Waals surface area contributed by atoms with Crippen LogP contribution in [0.2, 0.25) is 0 Å². The van der Waals surface area contributed by atoms with Crippen LogP contribution < -0.4 is 0 Å². The number of hydrogen-bond donors (Lipinski definition) is 0. The largest absolute Gasteiger partial charge is 0.333 e. The third kappa shape index (κ3) is 2.88. The second-order valence-electron chi connectivity index (χ2n) is 5.83. The van der Waals surface area contributed by atoms with Gasteiger partial charge in [-0.3, -0.25) is 4.79 Å². The monoisotopic (exact) mass is 303 g/mol. The highest BCUT2D eigenvalue weighted by molar-refractivity contribution is 7.10. The molecule has 0 radical (unpaired) electrons. The Kier molecular flexibility index (Phi) is 4.10. The maximum atomic E-state index is 12.7. The van der Waals surface area contributed by atoms with Gasteiger partial charge < -0.3 is 9.47 Å². The van der Waals surface area contributed by atoms with E-state index in [4.69, 9.17) is 0 Å². The van der Waals surface area contributed by atoms with Crippen LogP contribution in [0.5, 0.6) is 0 Å². The summed E-state index contributed by atoms with van der Waals surface area (Å²) in [6, 6.07) is 4.47. The molecule has 0 spiro atoms. The Hall–Kier alpha value is -1.62. The number of rotatable bonds is 4. The maximum absolute atomic E-state index is 12.7. The van der Waals surface area contributed by atoms with Gasteiger partial charge in [0.1, 0.15) is 12.4 Å². The van der Waals surface area contributed by atoms with Crippen molar-refractivity contribution in [2.24, 2.45) is 0 Å². The molecule has 0 unspecified atom stereocenters. The number of likely N-dealkylation sites (tertiary alicyclic amines) is 1. The van der Waals surface area contributed by atoms with E-state index in [0.717, 1.165) is 25.2 Å². The lowest BCUT2D eigenvalue weighted by molar-refractivity contribution is -0.132. The van der Waals surface area contributed by atoms with Crippen LogP contribution in [0.1, 0.15) is 49.4 Å². The van der Waals surface area contributed by atoms with Crippen molar-refractivity contribution >= 4 is 17.2 Å². The van der Waals surface area contributed by atoms with E-state index in [-0.39, 0.29) is 11.9 Å². The molecule has 1 atom stereocenters. The first-order valence-electron chi connectivity index (χ1n) is 7.50. The predicted octanol–water partition coefficient (Wildman–Crippen LogP) is 3.43. The molecule has 0 bridgehead atoms. The van der Waals surface area contributed by atoms with Gasteiger partial charge in [-0.1, -0.05) is 19.9 Å². The molecule has 112 valence electrons. The third-order valence-corrected chi connectivity index (χ3v) is 4.99. The maximum Gasteiger partial charge on any atom is 0.243 e. The SMILES string of the molecule is CC(C)c1nccn1CC(=O)N1CCC[C@@H]1c1cccs1. The number of thiophene rings is 1. The first-order valence-corrected chi connectivity index (χ1v) is 8.38. The van der Waals surface area contributed by atoms with Crippen molar-refractivity contribution in [2.45, 2.75) is 45.2 Å². The molecule has 2 aromatic heterocycles. The van der Waals surface area contributed by atoms with Gasteiger partial charge in [-0.25, -0.2) is 4.98 Å². The lowest BCUT2D eigenvalue weighted by Crippen LogP contribution is -2.33. The average molecular weight is 303 g/mol. The van der Waals surface area contributed by atoms with Crippen LogP contribution in [0, 0.1) is 0 Å². The number of aromatic nitrogens is 2. The van der Waals surface area contributed by atoms with Gasteiger partial charge in [0.25, 0.3) is 0 Å². The minimum Gasteiger partial charge on any atom is -0.333 e. The van der Waals surface area contributed by atoms with E-state index in [1.165, 1.54) is 4.88 Å². The van der Waals surface area contributed by atoms with Crippen molar-refractivity contribution in [1.29, 1.82) is 0 Å². The number of imidazole rings is 1. The van der Waals surface area contributed by atoms with E-state index in [1.807, 2.05) is 15.7 Å². The quantitative estimate of drug-likeness (QED) is 0.868. The molecule has 0 saturated carbocycles. The predicted molar refractivity (Wildman–Crippen MR) is 84.3 cm³/mol. The molecule has 3 heterocycles. The second kappa shape index (κ2) is 6.02. The van der Waals surface area contributed by atoms with Crippen LogP contribution in [-0.2, 0) is 11.3 Å². The zero-order valence-electron chi connectivity index (χ0n) is 12.5. The van der Waals surface area contributed by atoms with Crippen LogP contribution in [0.25, 0.3) is 0 Å². The highest BCUT2D eigenvalue weighted by atomic mass is 32.1.